The van der Waals surface area contributed by atoms with Gasteiger partial charge in [-0.05, 0) is 12.5 Å². The third kappa shape index (κ3) is 19.0. The molecule has 2 heteroatoms. The fourth-order valence-corrected chi connectivity index (χ4v) is 0.746. The fourth-order valence-electron chi connectivity index (χ4n) is 0.746. The number of ketones is 1. The molecule has 1 N–H and O–H groups in total. The van der Waals surface area contributed by atoms with Crippen molar-refractivity contribution in [2.75, 3.05) is 13.1 Å². The van der Waals surface area contributed by atoms with E-state index in [1.807, 2.05) is 26.0 Å². The minimum absolute atomic E-state index is 0. The summed E-state index contributed by atoms with van der Waals surface area (Å²) in [5, 5.41) is 3.15. The Labute approximate surface area is 103 Å². The summed E-state index contributed by atoms with van der Waals surface area (Å²) in [6.07, 6.45) is 4.51. The van der Waals surface area contributed by atoms with Crippen LogP contribution in [0, 0.1) is 11.8 Å². The number of nitrogens with one attached hydrogen (secondary N) is 1. The van der Waals surface area contributed by atoms with Crippen molar-refractivity contribution in [3.63, 3.8) is 0 Å². The molecule has 0 rings (SSSR count). The quantitative estimate of drug-likeness (QED) is 0.556. The van der Waals surface area contributed by atoms with Gasteiger partial charge in [0, 0.05) is 20.3 Å². The van der Waals surface area contributed by atoms with Gasteiger partial charge in [0.2, 0.25) is 0 Å². The van der Waals surface area contributed by atoms with Crippen molar-refractivity contribution >= 4 is 5.78 Å². The third-order valence-corrected chi connectivity index (χ3v) is 1.64. The maximum atomic E-state index is 11.1. The standard InChI is InChI=1S/C10H19NO.C4H10.H2/c1-4-11-8-6-5-7-10(12)9(2)3;1-4(2)3;/h5-6,9,11H,4,7-8H2,1-3H3;4H,1-3H3;1H/b6-5+;;. The molecule has 0 aromatic heterocycles. The van der Waals surface area contributed by atoms with Crippen LogP contribution < -0.4 is 5.32 Å². The SMILES string of the molecule is CC(C)C.CCNC/C=C/CC(=O)C(C)C.[HH]. The summed E-state index contributed by atoms with van der Waals surface area (Å²) in [7, 11) is 0. The van der Waals surface area contributed by atoms with Crippen LogP contribution in [0.1, 0.15) is 49.4 Å². The molecule has 0 saturated carbocycles. The summed E-state index contributed by atoms with van der Waals surface area (Å²) in [5.41, 5.74) is 0. The summed E-state index contributed by atoms with van der Waals surface area (Å²) >= 11 is 0. The largest absolute Gasteiger partial charge is 0.314 e. The van der Waals surface area contributed by atoms with Crippen LogP contribution in [0.2, 0.25) is 0 Å². The second-order valence-electron chi connectivity index (χ2n) is 4.84. The molecule has 0 aliphatic heterocycles. The van der Waals surface area contributed by atoms with Gasteiger partial charge in [0.05, 0.1) is 0 Å². The van der Waals surface area contributed by atoms with Crippen molar-refractivity contribution in [3.05, 3.63) is 12.2 Å². The van der Waals surface area contributed by atoms with E-state index >= 15 is 0 Å². The van der Waals surface area contributed by atoms with Crippen LogP contribution >= 0.6 is 0 Å². The van der Waals surface area contributed by atoms with Gasteiger partial charge in [-0.3, -0.25) is 4.79 Å². The van der Waals surface area contributed by atoms with Crippen LogP contribution in [0.3, 0.4) is 0 Å². The van der Waals surface area contributed by atoms with Crippen LogP contribution in [0.15, 0.2) is 12.2 Å². The first-order valence-corrected chi connectivity index (χ1v) is 6.30. The topological polar surface area (TPSA) is 29.1 Å². The van der Waals surface area contributed by atoms with E-state index in [0.29, 0.717) is 12.2 Å². The number of carbonyl (C=O) groups excluding carboxylic acids is 1. The Morgan fingerprint density at radius 1 is 1.19 bits per heavy atom. The maximum absolute atomic E-state index is 11.1. The van der Waals surface area contributed by atoms with E-state index < -0.39 is 0 Å². The summed E-state index contributed by atoms with van der Waals surface area (Å²) in [6, 6.07) is 0. The molecule has 0 amide bonds. The normalized spacial score (nSPS) is 10.8. The molecule has 0 saturated heterocycles. The first kappa shape index (κ1) is 17.8. The smallest absolute Gasteiger partial charge is 0.139 e. The highest BCUT2D eigenvalue weighted by Gasteiger charge is 2.02. The summed E-state index contributed by atoms with van der Waals surface area (Å²) < 4.78 is 0. The van der Waals surface area contributed by atoms with Crippen molar-refractivity contribution in [1.82, 2.24) is 5.32 Å². The van der Waals surface area contributed by atoms with Gasteiger partial charge < -0.3 is 5.32 Å². The van der Waals surface area contributed by atoms with Crippen molar-refractivity contribution < 1.29 is 6.22 Å². The first-order valence-electron chi connectivity index (χ1n) is 6.30. The molecule has 0 bridgehead atoms. The van der Waals surface area contributed by atoms with Crippen LogP contribution in [0.4, 0.5) is 0 Å². The fraction of sp³-hybridized carbons (Fsp3) is 0.786. The monoisotopic (exact) mass is 229 g/mol. The number of rotatable bonds is 6. The van der Waals surface area contributed by atoms with Gasteiger partial charge in [0.25, 0.3) is 0 Å². The minimum atomic E-state index is 0. The van der Waals surface area contributed by atoms with Crippen LogP contribution in [-0.2, 0) is 4.79 Å². The molecule has 0 unspecified atom stereocenters. The average molecular weight is 229 g/mol. The Hall–Kier alpha value is -0.630. The van der Waals surface area contributed by atoms with E-state index in [1.54, 1.807) is 0 Å². The number of carbonyl (C=O) groups is 1. The molecule has 0 spiro atoms. The van der Waals surface area contributed by atoms with E-state index in [0.717, 1.165) is 19.0 Å². The van der Waals surface area contributed by atoms with E-state index in [-0.39, 0.29) is 7.34 Å². The van der Waals surface area contributed by atoms with E-state index in [9.17, 15) is 4.79 Å². The molecule has 2 nitrogen and oxygen atoms in total. The zero-order chi connectivity index (χ0) is 13.0. The average Bonchev–Trinajstić information content (AvgIpc) is 2.16. The zero-order valence-electron chi connectivity index (χ0n) is 11.8. The lowest BCUT2D eigenvalue weighted by Crippen LogP contribution is -2.12. The Balaban J connectivity index is -0.000000340. The lowest BCUT2D eigenvalue weighted by molar-refractivity contribution is -0.121. The molecular formula is C14H31NO. The Morgan fingerprint density at radius 3 is 2.06 bits per heavy atom. The van der Waals surface area contributed by atoms with E-state index in [4.69, 9.17) is 0 Å². The molecule has 0 heterocycles. The number of allylic oxidation sites excluding steroid dienone is 1. The second kappa shape index (κ2) is 12.4. The highest BCUT2D eigenvalue weighted by Crippen LogP contribution is 1.98. The molecular weight excluding hydrogens is 198 g/mol. The summed E-state index contributed by atoms with van der Waals surface area (Å²) in [5.74, 6) is 1.30. The minimum Gasteiger partial charge on any atom is -0.314 e. The van der Waals surface area contributed by atoms with Gasteiger partial charge in [-0.2, -0.15) is 0 Å². The molecule has 0 atom stereocenters. The van der Waals surface area contributed by atoms with Crippen LogP contribution in [0.5, 0.6) is 0 Å². The molecule has 16 heavy (non-hydrogen) atoms. The molecule has 0 aromatic carbocycles. The van der Waals surface area contributed by atoms with Crippen LogP contribution in [-0.4, -0.2) is 18.9 Å². The van der Waals surface area contributed by atoms with Gasteiger partial charge in [-0.15, -0.1) is 0 Å². The Bertz CT molecular complexity index is 186. The van der Waals surface area contributed by atoms with Gasteiger partial charge in [0.1, 0.15) is 5.78 Å². The van der Waals surface area contributed by atoms with Crippen LogP contribution in [0.25, 0.3) is 0 Å². The predicted molar refractivity (Wildman–Crippen MR) is 74.8 cm³/mol. The van der Waals surface area contributed by atoms with Gasteiger partial charge in [-0.25, -0.2) is 0 Å². The van der Waals surface area contributed by atoms with Gasteiger partial charge in [-0.1, -0.05) is 53.7 Å². The summed E-state index contributed by atoms with van der Waals surface area (Å²) in [6.45, 7) is 14.3. The molecule has 0 aliphatic rings. The second-order valence-corrected chi connectivity index (χ2v) is 4.84. The molecule has 0 radical (unpaired) electrons. The lowest BCUT2D eigenvalue weighted by atomic mass is 10.1. The van der Waals surface area contributed by atoms with Gasteiger partial charge in [0.15, 0.2) is 0 Å². The molecule has 0 aliphatic carbocycles. The molecule has 0 aromatic rings. The lowest BCUT2D eigenvalue weighted by Gasteiger charge is -1.98. The Kier molecular flexibility index (Phi) is 13.8. The maximum Gasteiger partial charge on any atom is 0.139 e. The number of hydrogen-bond donors (Lipinski definition) is 1. The summed E-state index contributed by atoms with van der Waals surface area (Å²) in [4.78, 5) is 11.1. The number of hydrogen-bond acceptors (Lipinski definition) is 2. The number of likely N-dealkylation sites (N-methyl/N-ethyl adjacent to an activating group) is 1. The van der Waals surface area contributed by atoms with Crippen molar-refractivity contribution in [2.24, 2.45) is 11.8 Å². The van der Waals surface area contributed by atoms with E-state index in [1.165, 1.54) is 0 Å². The Morgan fingerprint density at radius 2 is 1.69 bits per heavy atom. The highest BCUT2D eigenvalue weighted by molar-refractivity contribution is 5.81. The number of Topliss-reactive ketones (excluding diaryl/α,β-unsaturated/α-hetero) is 1. The van der Waals surface area contributed by atoms with Crippen molar-refractivity contribution in [2.45, 2.75) is 48.0 Å². The highest BCUT2D eigenvalue weighted by atomic mass is 16.1. The predicted octanol–water partition coefficient (Wildman–Crippen LogP) is 3.68. The molecule has 98 valence electrons. The van der Waals surface area contributed by atoms with Gasteiger partial charge >= 0.3 is 0 Å². The third-order valence-electron chi connectivity index (χ3n) is 1.64. The van der Waals surface area contributed by atoms with Crippen molar-refractivity contribution in [1.29, 1.82) is 0 Å². The first-order chi connectivity index (χ1) is 7.41. The zero-order valence-corrected chi connectivity index (χ0v) is 11.8. The molecule has 0 fully saturated rings. The van der Waals surface area contributed by atoms with E-state index in [2.05, 4.69) is 33.0 Å². The van der Waals surface area contributed by atoms with Crippen molar-refractivity contribution in [3.8, 4) is 0 Å².